The maximum absolute atomic E-state index is 12.8. The molecule has 0 fully saturated rings. The summed E-state index contributed by atoms with van der Waals surface area (Å²) < 4.78 is 16.9. The van der Waals surface area contributed by atoms with Crippen LogP contribution >= 0.6 is 0 Å². The van der Waals surface area contributed by atoms with Gasteiger partial charge >= 0.3 is 5.97 Å². The Morgan fingerprint density at radius 3 is 1.93 bits per heavy atom. The molecule has 0 aliphatic carbocycles. The third-order valence-corrected chi connectivity index (χ3v) is 3.89. The van der Waals surface area contributed by atoms with E-state index in [-0.39, 0.29) is 11.5 Å². The first-order valence-corrected chi connectivity index (χ1v) is 9.12. The van der Waals surface area contributed by atoms with Crippen molar-refractivity contribution in [1.82, 2.24) is 0 Å². The minimum absolute atomic E-state index is 0.161. The van der Waals surface area contributed by atoms with Crippen molar-refractivity contribution in [3.05, 3.63) is 47.0 Å². The fourth-order valence-corrected chi connectivity index (χ4v) is 2.65. The van der Waals surface area contributed by atoms with Gasteiger partial charge in [0.1, 0.15) is 0 Å². The maximum atomic E-state index is 12.8. The van der Waals surface area contributed by atoms with Crippen LogP contribution < -0.4 is 19.5 Å². The lowest BCUT2D eigenvalue weighted by Gasteiger charge is -2.17. The van der Waals surface area contributed by atoms with Crippen LogP contribution in [-0.2, 0) is 0 Å². The third-order valence-electron chi connectivity index (χ3n) is 3.89. The lowest BCUT2D eigenvalue weighted by atomic mass is 10.1. The predicted octanol–water partition coefficient (Wildman–Crippen LogP) is 4.14. The van der Waals surface area contributed by atoms with E-state index in [1.165, 1.54) is 12.1 Å². The van der Waals surface area contributed by atoms with Gasteiger partial charge in [0.05, 0.1) is 25.4 Å². The van der Waals surface area contributed by atoms with Crippen molar-refractivity contribution in [3.8, 4) is 17.2 Å². The van der Waals surface area contributed by atoms with Gasteiger partial charge in [-0.25, -0.2) is 4.79 Å². The SMILES string of the molecule is CCOc1cc(C(=O)Nc2ccc(C(=O)O)cc2C)cc(OCC)c1OCC. The van der Waals surface area contributed by atoms with Crippen molar-refractivity contribution in [2.24, 2.45) is 0 Å². The molecule has 2 aromatic rings. The number of hydrogen-bond acceptors (Lipinski definition) is 5. The number of carboxylic acid groups (broad SMARTS) is 1. The summed E-state index contributed by atoms with van der Waals surface area (Å²) in [7, 11) is 0. The normalized spacial score (nSPS) is 10.3. The summed E-state index contributed by atoms with van der Waals surface area (Å²) in [5, 5.41) is 11.9. The Morgan fingerprint density at radius 2 is 1.46 bits per heavy atom. The summed E-state index contributed by atoms with van der Waals surface area (Å²) in [5.41, 5.74) is 1.68. The Kier molecular flexibility index (Phi) is 7.26. The highest BCUT2D eigenvalue weighted by Crippen LogP contribution is 2.39. The van der Waals surface area contributed by atoms with Gasteiger partial charge in [0.15, 0.2) is 11.5 Å². The fourth-order valence-electron chi connectivity index (χ4n) is 2.65. The molecule has 1 amide bonds. The summed E-state index contributed by atoms with van der Waals surface area (Å²) in [5.74, 6) is -0.0622. The van der Waals surface area contributed by atoms with E-state index in [2.05, 4.69) is 5.32 Å². The second kappa shape index (κ2) is 9.64. The molecule has 7 heteroatoms. The minimum atomic E-state index is -1.02. The van der Waals surface area contributed by atoms with Gasteiger partial charge in [0, 0.05) is 11.3 Å². The number of carboxylic acids is 1. The quantitative estimate of drug-likeness (QED) is 0.671. The Balaban J connectivity index is 2.37. The van der Waals surface area contributed by atoms with E-state index in [0.29, 0.717) is 53.9 Å². The molecule has 0 radical (unpaired) electrons. The van der Waals surface area contributed by atoms with Crippen LogP contribution in [0.1, 0.15) is 47.1 Å². The summed E-state index contributed by atoms with van der Waals surface area (Å²) in [6, 6.07) is 7.73. The molecular weight excluding hydrogens is 362 g/mol. The van der Waals surface area contributed by atoms with Gasteiger partial charge in [-0.1, -0.05) is 0 Å². The summed E-state index contributed by atoms with van der Waals surface area (Å²) in [6.45, 7) is 8.53. The number of amides is 1. The zero-order valence-corrected chi connectivity index (χ0v) is 16.5. The highest BCUT2D eigenvalue weighted by Gasteiger charge is 2.19. The monoisotopic (exact) mass is 387 g/mol. The minimum Gasteiger partial charge on any atom is -0.490 e. The van der Waals surface area contributed by atoms with Crippen LogP contribution in [0.5, 0.6) is 17.2 Å². The zero-order valence-electron chi connectivity index (χ0n) is 16.5. The molecule has 2 aromatic carbocycles. The van der Waals surface area contributed by atoms with Crippen molar-refractivity contribution in [1.29, 1.82) is 0 Å². The fraction of sp³-hybridized carbons (Fsp3) is 0.333. The molecule has 2 N–H and O–H groups in total. The average molecular weight is 387 g/mol. The molecule has 0 atom stereocenters. The summed E-state index contributed by atoms with van der Waals surface area (Å²) >= 11 is 0. The van der Waals surface area contributed by atoms with Gasteiger partial charge in [0.2, 0.25) is 5.75 Å². The molecule has 0 saturated heterocycles. The number of nitrogens with one attached hydrogen (secondary N) is 1. The molecule has 0 aliphatic heterocycles. The Morgan fingerprint density at radius 1 is 0.893 bits per heavy atom. The smallest absolute Gasteiger partial charge is 0.335 e. The lowest BCUT2D eigenvalue weighted by molar-refractivity contribution is 0.0696. The maximum Gasteiger partial charge on any atom is 0.335 e. The van der Waals surface area contributed by atoms with Crippen molar-refractivity contribution in [3.63, 3.8) is 0 Å². The molecule has 0 bridgehead atoms. The van der Waals surface area contributed by atoms with Gasteiger partial charge in [-0.2, -0.15) is 0 Å². The highest BCUT2D eigenvalue weighted by molar-refractivity contribution is 6.05. The van der Waals surface area contributed by atoms with Crippen LogP contribution in [-0.4, -0.2) is 36.8 Å². The van der Waals surface area contributed by atoms with E-state index in [1.54, 1.807) is 25.1 Å². The first-order chi connectivity index (χ1) is 13.4. The number of ether oxygens (including phenoxy) is 3. The van der Waals surface area contributed by atoms with Crippen LogP contribution in [0.15, 0.2) is 30.3 Å². The number of benzene rings is 2. The van der Waals surface area contributed by atoms with E-state index >= 15 is 0 Å². The number of carbonyl (C=O) groups excluding carboxylic acids is 1. The topological polar surface area (TPSA) is 94.1 Å². The standard InChI is InChI=1S/C21H25NO6/c1-5-26-17-11-15(12-18(27-6-2)19(17)28-7-3)20(23)22-16-9-8-14(21(24)25)10-13(16)4/h8-12H,5-7H2,1-4H3,(H,22,23)(H,24,25). The van der Waals surface area contributed by atoms with Gasteiger partial charge in [-0.05, 0) is 63.6 Å². The largest absolute Gasteiger partial charge is 0.490 e. The van der Waals surface area contributed by atoms with E-state index in [4.69, 9.17) is 19.3 Å². The molecule has 0 heterocycles. The lowest BCUT2D eigenvalue weighted by Crippen LogP contribution is -2.14. The average Bonchev–Trinajstić information content (AvgIpc) is 2.65. The van der Waals surface area contributed by atoms with Gasteiger partial charge in [0.25, 0.3) is 5.91 Å². The summed E-state index contributed by atoms with van der Waals surface area (Å²) in [4.78, 5) is 23.9. The second-order valence-corrected chi connectivity index (χ2v) is 5.89. The van der Waals surface area contributed by atoms with Gasteiger partial charge < -0.3 is 24.6 Å². The van der Waals surface area contributed by atoms with Crippen molar-refractivity contribution in [2.45, 2.75) is 27.7 Å². The van der Waals surface area contributed by atoms with E-state index < -0.39 is 5.97 Å². The number of anilines is 1. The van der Waals surface area contributed by atoms with E-state index in [0.717, 1.165) is 0 Å². The van der Waals surface area contributed by atoms with Crippen LogP contribution in [0.4, 0.5) is 5.69 Å². The molecule has 0 saturated carbocycles. The second-order valence-electron chi connectivity index (χ2n) is 5.89. The molecule has 0 spiro atoms. The Hall–Kier alpha value is -3.22. The highest BCUT2D eigenvalue weighted by atomic mass is 16.5. The molecule has 0 aliphatic rings. The van der Waals surface area contributed by atoms with Crippen LogP contribution in [0, 0.1) is 6.92 Å². The molecule has 150 valence electrons. The number of aromatic carboxylic acids is 1. The molecular formula is C21H25NO6. The van der Waals surface area contributed by atoms with Crippen LogP contribution in [0.25, 0.3) is 0 Å². The molecule has 7 nitrogen and oxygen atoms in total. The molecule has 0 unspecified atom stereocenters. The number of hydrogen-bond donors (Lipinski definition) is 2. The first kappa shape index (κ1) is 21.1. The number of rotatable bonds is 9. The molecule has 2 rings (SSSR count). The summed E-state index contributed by atoms with van der Waals surface area (Å²) in [6.07, 6.45) is 0. The zero-order chi connectivity index (χ0) is 20.7. The Bertz CT molecular complexity index is 835. The van der Waals surface area contributed by atoms with E-state index in [9.17, 15) is 9.59 Å². The third kappa shape index (κ3) is 4.94. The first-order valence-electron chi connectivity index (χ1n) is 9.12. The van der Waals surface area contributed by atoms with Crippen molar-refractivity contribution < 1.29 is 28.9 Å². The van der Waals surface area contributed by atoms with Crippen LogP contribution in [0.2, 0.25) is 0 Å². The van der Waals surface area contributed by atoms with E-state index in [1.807, 2.05) is 20.8 Å². The van der Waals surface area contributed by atoms with Crippen molar-refractivity contribution in [2.75, 3.05) is 25.1 Å². The molecule has 28 heavy (non-hydrogen) atoms. The van der Waals surface area contributed by atoms with Gasteiger partial charge in [-0.15, -0.1) is 0 Å². The Labute approximate surface area is 164 Å². The van der Waals surface area contributed by atoms with Gasteiger partial charge in [-0.3, -0.25) is 4.79 Å². The van der Waals surface area contributed by atoms with Crippen molar-refractivity contribution >= 4 is 17.6 Å². The molecule has 0 aromatic heterocycles. The van der Waals surface area contributed by atoms with Crippen LogP contribution in [0.3, 0.4) is 0 Å². The number of carbonyl (C=O) groups is 2. The number of aryl methyl sites for hydroxylation is 1. The predicted molar refractivity (Wildman–Crippen MR) is 106 cm³/mol.